The third-order valence-corrected chi connectivity index (χ3v) is 2.67. The summed E-state index contributed by atoms with van der Waals surface area (Å²) in [5, 5.41) is 8.86. The van der Waals surface area contributed by atoms with Crippen LogP contribution in [-0.2, 0) is 11.2 Å². The molecule has 1 aromatic heterocycles. The highest BCUT2D eigenvalue weighted by Crippen LogP contribution is 2.14. The lowest BCUT2D eigenvalue weighted by Gasteiger charge is -2.09. The molecule has 4 nitrogen and oxygen atoms in total. The Balaban J connectivity index is 2.80. The van der Waals surface area contributed by atoms with Gasteiger partial charge in [0.25, 0.3) is 0 Å². The van der Waals surface area contributed by atoms with Gasteiger partial charge in [-0.25, -0.2) is 4.98 Å². The number of carbonyl (C=O) groups is 1. The molecular formula is C10H14N2O2S. The first-order valence-electron chi connectivity index (χ1n) is 4.59. The van der Waals surface area contributed by atoms with E-state index in [0.29, 0.717) is 18.0 Å². The van der Waals surface area contributed by atoms with Gasteiger partial charge in [0.2, 0.25) is 0 Å². The molecule has 0 aliphatic rings. The van der Waals surface area contributed by atoms with Gasteiger partial charge >= 0.3 is 5.97 Å². The number of aromatic nitrogens is 1. The zero-order valence-electron chi connectivity index (χ0n) is 8.47. The second-order valence-corrected chi connectivity index (χ2v) is 3.83. The van der Waals surface area contributed by atoms with Gasteiger partial charge in [-0.15, -0.1) is 0 Å². The van der Waals surface area contributed by atoms with Crippen molar-refractivity contribution in [1.29, 1.82) is 0 Å². The molecule has 0 aliphatic carbocycles. The van der Waals surface area contributed by atoms with Crippen LogP contribution in [-0.4, -0.2) is 21.8 Å². The average Bonchev–Trinajstić information content (AvgIpc) is 2.19. The molecule has 0 amide bonds. The summed E-state index contributed by atoms with van der Waals surface area (Å²) in [6.45, 7) is 1.85. The summed E-state index contributed by atoms with van der Waals surface area (Å²) in [6.07, 6.45) is 2.05. The van der Waals surface area contributed by atoms with Crippen molar-refractivity contribution >= 4 is 24.4 Å². The Labute approximate surface area is 93.9 Å². The molecule has 15 heavy (non-hydrogen) atoms. The molecule has 0 saturated heterocycles. The molecule has 5 heteroatoms. The standard InChI is InChI=1S/C10H14N2O2S/c1-6-2-7(4-12-9(6)11)3-8(5-15)10(13)14/h2,4,8,15H,3,5H2,1H3,(H2,11,12)(H,13,14). The number of pyridine rings is 1. The van der Waals surface area contributed by atoms with Crippen LogP contribution in [0.5, 0.6) is 0 Å². The van der Waals surface area contributed by atoms with Crippen LogP contribution in [0.3, 0.4) is 0 Å². The van der Waals surface area contributed by atoms with E-state index >= 15 is 0 Å². The number of nitrogens with zero attached hydrogens (tertiary/aromatic N) is 1. The molecule has 82 valence electrons. The molecule has 1 heterocycles. The number of thiol groups is 1. The Kier molecular flexibility index (Phi) is 3.96. The molecule has 3 N–H and O–H groups in total. The van der Waals surface area contributed by atoms with Crippen molar-refractivity contribution in [3.05, 3.63) is 23.4 Å². The zero-order valence-corrected chi connectivity index (χ0v) is 9.37. The van der Waals surface area contributed by atoms with Crippen molar-refractivity contribution in [2.75, 3.05) is 11.5 Å². The van der Waals surface area contributed by atoms with E-state index < -0.39 is 11.9 Å². The van der Waals surface area contributed by atoms with Crippen LogP contribution in [0.25, 0.3) is 0 Å². The average molecular weight is 226 g/mol. The number of nitrogens with two attached hydrogens (primary N) is 1. The van der Waals surface area contributed by atoms with E-state index in [1.165, 1.54) is 0 Å². The molecule has 1 aromatic rings. The number of aliphatic carboxylic acids is 1. The number of nitrogen functional groups attached to an aromatic ring is 1. The van der Waals surface area contributed by atoms with E-state index in [1.807, 2.05) is 13.0 Å². The fourth-order valence-corrected chi connectivity index (χ4v) is 1.55. The Morgan fingerprint density at radius 1 is 1.73 bits per heavy atom. The van der Waals surface area contributed by atoms with Crippen LogP contribution >= 0.6 is 12.6 Å². The largest absolute Gasteiger partial charge is 0.481 e. The second-order valence-electron chi connectivity index (χ2n) is 3.47. The van der Waals surface area contributed by atoms with Gasteiger partial charge in [0.1, 0.15) is 5.82 Å². The lowest BCUT2D eigenvalue weighted by Crippen LogP contribution is -2.18. The third-order valence-electron chi connectivity index (χ3n) is 2.23. The van der Waals surface area contributed by atoms with Crippen molar-refractivity contribution in [2.24, 2.45) is 5.92 Å². The lowest BCUT2D eigenvalue weighted by atomic mass is 10.0. The number of hydrogen-bond acceptors (Lipinski definition) is 4. The van der Waals surface area contributed by atoms with Crippen molar-refractivity contribution in [1.82, 2.24) is 4.98 Å². The fourth-order valence-electron chi connectivity index (χ4n) is 1.27. The molecule has 0 bridgehead atoms. The minimum absolute atomic E-state index is 0.318. The number of hydrogen-bond donors (Lipinski definition) is 3. The number of rotatable bonds is 4. The van der Waals surface area contributed by atoms with E-state index in [4.69, 9.17) is 10.8 Å². The summed E-state index contributed by atoms with van der Waals surface area (Å²) in [4.78, 5) is 14.8. The van der Waals surface area contributed by atoms with E-state index in [9.17, 15) is 4.79 Å². The summed E-state index contributed by atoms with van der Waals surface area (Å²) in [7, 11) is 0. The van der Waals surface area contributed by atoms with Crippen LogP contribution in [0.1, 0.15) is 11.1 Å². The zero-order chi connectivity index (χ0) is 11.4. The van der Waals surface area contributed by atoms with Gasteiger partial charge in [-0.3, -0.25) is 4.79 Å². The maximum Gasteiger partial charge on any atom is 0.307 e. The first-order valence-corrected chi connectivity index (χ1v) is 5.22. The summed E-state index contributed by atoms with van der Waals surface area (Å²) in [6, 6.07) is 1.86. The minimum Gasteiger partial charge on any atom is -0.481 e. The Bertz CT molecular complexity index is 368. The quantitative estimate of drug-likeness (QED) is 0.673. The third kappa shape index (κ3) is 3.13. The monoisotopic (exact) mass is 226 g/mol. The minimum atomic E-state index is -0.834. The van der Waals surface area contributed by atoms with E-state index in [2.05, 4.69) is 17.6 Å². The molecule has 0 aliphatic heterocycles. The van der Waals surface area contributed by atoms with E-state index in [0.717, 1.165) is 11.1 Å². The van der Waals surface area contributed by atoms with Gasteiger partial charge in [0, 0.05) is 11.9 Å². The van der Waals surface area contributed by atoms with Crippen LogP contribution in [0.15, 0.2) is 12.3 Å². The van der Waals surface area contributed by atoms with E-state index in [-0.39, 0.29) is 0 Å². The molecule has 1 unspecified atom stereocenters. The van der Waals surface area contributed by atoms with Gasteiger partial charge in [-0.2, -0.15) is 12.6 Å². The maximum atomic E-state index is 10.8. The van der Waals surface area contributed by atoms with Gasteiger partial charge in [0.15, 0.2) is 0 Å². The highest BCUT2D eigenvalue weighted by atomic mass is 32.1. The smallest absolute Gasteiger partial charge is 0.307 e. The normalized spacial score (nSPS) is 12.4. The predicted molar refractivity (Wildman–Crippen MR) is 62.1 cm³/mol. The molecule has 0 spiro atoms. The lowest BCUT2D eigenvalue weighted by molar-refractivity contribution is -0.140. The van der Waals surface area contributed by atoms with Crippen molar-refractivity contribution in [3.63, 3.8) is 0 Å². The van der Waals surface area contributed by atoms with Crippen molar-refractivity contribution in [2.45, 2.75) is 13.3 Å². The molecule has 0 saturated carbocycles. The number of anilines is 1. The molecule has 0 fully saturated rings. The second kappa shape index (κ2) is 5.02. The molecule has 1 rings (SSSR count). The first kappa shape index (κ1) is 11.8. The molecular weight excluding hydrogens is 212 g/mol. The van der Waals surface area contributed by atoms with Crippen molar-refractivity contribution < 1.29 is 9.90 Å². The summed E-state index contributed by atoms with van der Waals surface area (Å²) in [5.41, 5.74) is 7.32. The van der Waals surface area contributed by atoms with Crippen LogP contribution < -0.4 is 5.73 Å². The molecule has 1 atom stereocenters. The Morgan fingerprint density at radius 2 is 2.40 bits per heavy atom. The SMILES string of the molecule is Cc1cc(CC(CS)C(=O)O)cnc1N. The Morgan fingerprint density at radius 3 is 2.87 bits per heavy atom. The highest BCUT2D eigenvalue weighted by molar-refractivity contribution is 7.80. The van der Waals surface area contributed by atoms with Gasteiger partial charge < -0.3 is 10.8 Å². The summed E-state index contributed by atoms with van der Waals surface area (Å²) < 4.78 is 0. The van der Waals surface area contributed by atoms with Crippen LogP contribution in [0.4, 0.5) is 5.82 Å². The highest BCUT2D eigenvalue weighted by Gasteiger charge is 2.16. The number of carboxylic acid groups (broad SMARTS) is 1. The Hall–Kier alpha value is -1.23. The first-order chi connectivity index (χ1) is 7.04. The summed E-state index contributed by atoms with van der Waals surface area (Å²) >= 11 is 4.01. The maximum absolute atomic E-state index is 10.8. The van der Waals surface area contributed by atoms with Crippen LogP contribution in [0.2, 0.25) is 0 Å². The predicted octanol–water partition coefficient (Wildman–Crippen LogP) is 1.15. The van der Waals surface area contributed by atoms with Gasteiger partial charge in [-0.1, -0.05) is 6.07 Å². The van der Waals surface area contributed by atoms with Gasteiger partial charge in [0.05, 0.1) is 5.92 Å². The number of aryl methyl sites for hydroxylation is 1. The van der Waals surface area contributed by atoms with Crippen LogP contribution in [0, 0.1) is 12.8 Å². The fraction of sp³-hybridized carbons (Fsp3) is 0.400. The topological polar surface area (TPSA) is 76.2 Å². The van der Waals surface area contributed by atoms with Gasteiger partial charge in [-0.05, 0) is 24.5 Å². The van der Waals surface area contributed by atoms with Crippen molar-refractivity contribution in [3.8, 4) is 0 Å². The van der Waals surface area contributed by atoms with E-state index in [1.54, 1.807) is 6.20 Å². The molecule has 0 aromatic carbocycles. The molecule has 0 radical (unpaired) electrons. The summed E-state index contributed by atoms with van der Waals surface area (Å²) in [5.74, 6) is -0.507. The number of carboxylic acids is 1.